The van der Waals surface area contributed by atoms with Crippen molar-refractivity contribution in [2.24, 2.45) is 11.8 Å². The minimum atomic E-state index is 0.735. The summed E-state index contributed by atoms with van der Waals surface area (Å²) in [7, 11) is 0. The standard InChI is InChI=1S/C11H17Br/c1-4-9-6-11(12)7-10(5-2)8(9)3/h6-9H,4-5H2,1-3H3. The third-order valence-corrected chi connectivity index (χ3v) is 3.30. The third-order valence-electron chi connectivity index (χ3n) is 2.80. The zero-order valence-corrected chi connectivity index (χ0v) is 9.69. The average Bonchev–Trinajstić information content (AvgIpc) is 2.08. The first kappa shape index (κ1) is 10.0. The summed E-state index contributed by atoms with van der Waals surface area (Å²) < 4.78 is 1.27. The fourth-order valence-electron chi connectivity index (χ4n) is 1.88. The summed E-state index contributed by atoms with van der Waals surface area (Å²) in [5.41, 5.74) is 1.58. The van der Waals surface area contributed by atoms with Crippen LogP contribution < -0.4 is 0 Å². The van der Waals surface area contributed by atoms with Gasteiger partial charge in [0.15, 0.2) is 0 Å². The van der Waals surface area contributed by atoms with E-state index in [1.807, 2.05) is 0 Å². The van der Waals surface area contributed by atoms with Crippen LogP contribution in [0.4, 0.5) is 0 Å². The Kier molecular flexibility index (Phi) is 3.57. The van der Waals surface area contributed by atoms with E-state index >= 15 is 0 Å². The van der Waals surface area contributed by atoms with Crippen LogP contribution in [0.2, 0.25) is 0 Å². The lowest BCUT2D eigenvalue weighted by atomic mass is 9.81. The molecule has 0 saturated carbocycles. The minimum absolute atomic E-state index is 0.735. The number of hydrogen-bond acceptors (Lipinski definition) is 0. The highest BCUT2D eigenvalue weighted by molar-refractivity contribution is 9.11. The number of rotatable bonds is 2. The molecule has 0 heterocycles. The van der Waals surface area contributed by atoms with Gasteiger partial charge in [-0.25, -0.2) is 0 Å². The molecule has 0 amide bonds. The van der Waals surface area contributed by atoms with Crippen LogP contribution in [-0.4, -0.2) is 0 Å². The molecule has 0 nitrogen and oxygen atoms in total. The maximum Gasteiger partial charge on any atom is 0.0138 e. The van der Waals surface area contributed by atoms with E-state index in [-0.39, 0.29) is 0 Å². The van der Waals surface area contributed by atoms with Crippen molar-refractivity contribution in [3.05, 3.63) is 22.2 Å². The highest BCUT2D eigenvalue weighted by Gasteiger charge is 2.20. The Morgan fingerprint density at radius 3 is 2.58 bits per heavy atom. The molecule has 0 radical (unpaired) electrons. The fourth-order valence-corrected chi connectivity index (χ4v) is 2.51. The van der Waals surface area contributed by atoms with Crippen molar-refractivity contribution >= 4 is 15.9 Å². The van der Waals surface area contributed by atoms with E-state index in [1.165, 1.54) is 17.3 Å². The molecule has 2 atom stereocenters. The summed E-state index contributed by atoms with van der Waals surface area (Å²) in [6, 6.07) is 0. The van der Waals surface area contributed by atoms with E-state index in [9.17, 15) is 0 Å². The topological polar surface area (TPSA) is 0 Å². The van der Waals surface area contributed by atoms with Gasteiger partial charge < -0.3 is 0 Å². The molecule has 0 aromatic rings. The van der Waals surface area contributed by atoms with Gasteiger partial charge in [-0.2, -0.15) is 0 Å². The molecular weight excluding hydrogens is 212 g/mol. The lowest BCUT2D eigenvalue weighted by Gasteiger charge is -2.26. The van der Waals surface area contributed by atoms with Crippen molar-refractivity contribution in [2.45, 2.75) is 33.6 Å². The Balaban J connectivity index is 2.83. The second-order valence-corrected chi connectivity index (χ2v) is 4.40. The molecule has 0 aromatic heterocycles. The van der Waals surface area contributed by atoms with Crippen molar-refractivity contribution < 1.29 is 0 Å². The van der Waals surface area contributed by atoms with E-state index in [2.05, 4.69) is 48.9 Å². The summed E-state index contributed by atoms with van der Waals surface area (Å²) in [6.45, 7) is 6.83. The molecular formula is C11H17Br. The van der Waals surface area contributed by atoms with Gasteiger partial charge >= 0.3 is 0 Å². The number of allylic oxidation sites excluding steroid dienone is 4. The predicted molar refractivity (Wildman–Crippen MR) is 58.3 cm³/mol. The molecule has 0 bridgehead atoms. The molecule has 0 aliphatic heterocycles. The molecule has 12 heavy (non-hydrogen) atoms. The first-order chi connectivity index (χ1) is 5.69. The van der Waals surface area contributed by atoms with Gasteiger partial charge in [-0.3, -0.25) is 0 Å². The Morgan fingerprint density at radius 2 is 2.08 bits per heavy atom. The summed E-state index contributed by atoms with van der Waals surface area (Å²) in [5, 5.41) is 0. The SMILES string of the molecule is CCC1=CC(Br)=CC(CC)C1C. The smallest absolute Gasteiger partial charge is 0.0138 e. The molecule has 0 saturated heterocycles. The van der Waals surface area contributed by atoms with Crippen LogP contribution in [0.1, 0.15) is 33.6 Å². The molecule has 0 aromatic carbocycles. The van der Waals surface area contributed by atoms with Gasteiger partial charge in [-0.05, 0) is 30.8 Å². The van der Waals surface area contributed by atoms with Gasteiger partial charge in [0, 0.05) is 4.48 Å². The second kappa shape index (κ2) is 4.27. The number of halogens is 1. The summed E-state index contributed by atoms with van der Waals surface area (Å²) in [5.74, 6) is 1.47. The van der Waals surface area contributed by atoms with Crippen LogP contribution in [-0.2, 0) is 0 Å². The second-order valence-electron chi connectivity index (χ2n) is 3.49. The summed E-state index contributed by atoms with van der Waals surface area (Å²) in [4.78, 5) is 0. The van der Waals surface area contributed by atoms with Crippen molar-refractivity contribution in [1.29, 1.82) is 0 Å². The molecule has 68 valence electrons. The van der Waals surface area contributed by atoms with Crippen LogP contribution >= 0.6 is 15.9 Å². The van der Waals surface area contributed by atoms with E-state index in [0.29, 0.717) is 0 Å². The van der Waals surface area contributed by atoms with E-state index < -0.39 is 0 Å². The highest BCUT2D eigenvalue weighted by Crippen LogP contribution is 2.34. The largest absolute Gasteiger partial charge is 0.0666 e. The fraction of sp³-hybridized carbons (Fsp3) is 0.636. The Hall–Kier alpha value is -0.0400. The molecule has 1 aliphatic carbocycles. The number of hydrogen-bond donors (Lipinski definition) is 0. The van der Waals surface area contributed by atoms with Gasteiger partial charge in [0.1, 0.15) is 0 Å². The van der Waals surface area contributed by atoms with Crippen LogP contribution in [0.25, 0.3) is 0 Å². The van der Waals surface area contributed by atoms with Gasteiger partial charge in [0.2, 0.25) is 0 Å². The van der Waals surface area contributed by atoms with Crippen LogP contribution in [0, 0.1) is 11.8 Å². The molecule has 1 heteroatoms. The zero-order chi connectivity index (χ0) is 9.14. The van der Waals surface area contributed by atoms with Gasteiger partial charge in [0.05, 0.1) is 0 Å². The van der Waals surface area contributed by atoms with E-state index in [0.717, 1.165) is 11.8 Å². The Morgan fingerprint density at radius 1 is 1.42 bits per heavy atom. The van der Waals surface area contributed by atoms with Gasteiger partial charge in [-0.1, -0.05) is 48.4 Å². The average molecular weight is 229 g/mol. The minimum Gasteiger partial charge on any atom is -0.0666 e. The molecule has 0 spiro atoms. The molecule has 1 aliphatic rings. The summed E-state index contributed by atoms with van der Waals surface area (Å²) >= 11 is 3.56. The maximum absolute atomic E-state index is 3.56. The van der Waals surface area contributed by atoms with Crippen LogP contribution in [0.15, 0.2) is 22.2 Å². The quantitative estimate of drug-likeness (QED) is 0.663. The summed E-state index contributed by atoms with van der Waals surface area (Å²) in [6.07, 6.45) is 7.04. The Bertz CT molecular complexity index is 213. The van der Waals surface area contributed by atoms with Crippen molar-refractivity contribution in [3.63, 3.8) is 0 Å². The monoisotopic (exact) mass is 228 g/mol. The zero-order valence-electron chi connectivity index (χ0n) is 8.10. The van der Waals surface area contributed by atoms with Crippen molar-refractivity contribution in [3.8, 4) is 0 Å². The van der Waals surface area contributed by atoms with Crippen LogP contribution in [0.5, 0.6) is 0 Å². The lowest BCUT2D eigenvalue weighted by molar-refractivity contribution is 0.459. The Labute approximate surface area is 83.9 Å². The van der Waals surface area contributed by atoms with E-state index in [4.69, 9.17) is 0 Å². The van der Waals surface area contributed by atoms with Crippen molar-refractivity contribution in [2.75, 3.05) is 0 Å². The van der Waals surface area contributed by atoms with Gasteiger partial charge in [-0.15, -0.1) is 0 Å². The van der Waals surface area contributed by atoms with Crippen molar-refractivity contribution in [1.82, 2.24) is 0 Å². The van der Waals surface area contributed by atoms with Gasteiger partial charge in [0.25, 0.3) is 0 Å². The highest BCUT2D eigenvalue weighted by atomic mass is 79.9. The molecule has 1 rings (SSSR count). The lowest BCUT2D eigenvalue weighted by Crippen LogP contribution is -2.14. The predicted octanol–water partition coefficient (Wildman–Crippen LogP) is 4.28. The van der Waals surface area contributed by atoms with Crippen LogP contribution in [0.3, 0.4) is 0 Å². The first-order valence-corrected chi connectivity index (χ1v) is 5.56. The first-order valence-electron chi connectivity index (χ1n) is 4.76. The third kappa shape index (κ3) is 2.01. The van der Waals surface area contributed by atoms with E-state index in [1.54, 1.807) is 5.57 Å². The molecule has 0 N–H and O–H groups in total. The normalized spacial score (nSPS) is 29.7. The molecule has 2 unspecified atom stereocenters. The molecule has 0 fully saturated rings. The maximum atomic E-state index is 3.56.